The molecule has 0 aromatic carbocycles. The van der Waals surface area contributed by atoms with E-state index in [-0.39, 0.29) is 23.4 Å². The minimum atomic E-state index is -0.779. The minimum Gasteiger partial charge on any atom is -0.463 e. The molecule has 0 saturated heterocycles. The molecule has 5 nitrogen and oxygen atoms in total. The zero-order chi connectivity index (χ0) is 21.0. The summed E-state index contributed by atoms with van der Waals surface area (Å²) >= 11 is 0. The SMILES string of the molecule is CC(=O)NC[C@@]1(O)CCC2C3CC[C@@H]4C[C@H](OC(C)=O)CC[C@]4(C)C3CC[C@@]21C. The van der Waals surface area contributed by atoms with Crippen molar-refractivity contribution < 1.29 is 19.4 Å². The summed E-state index contributed by atoms with van der Waals surface area (Å²) in [6.07, 6.45) is 9.80. The van der Waals surface area contributed by atoms with Gasteiger partial charge in [0, 0.05) is 25.8 Å². The van der Waals surface area contributed by atoms with E-state index in [1.165, 1.54) is 33.1 Å². The van der Waals surface area contributed by atoms with E-state index in [0.717, 1.165) is 38.5 Å². The molecule has 0 radical (unpaired) electrons. The van der Waals surface area contributed by atoms with Gasteiger partial charge in [-0.1, -0.05) is 13.8 Å². The van der Waals surface area contributed by atoms with Crippen molar-refractivity contribution in [2.24, 2.45) is 34.5 Å². The molecule has 0 aromatic rings. The van der Waals surface area contributed by atoms with Gasteiger partial charge in [-0.25, -0.2) is 0 Å². The van der Waals surface area contributed by atoms with Gasteiger partial charge in [0.1, 0.15) is 6.10 Å². The van der Waals surface area contributed by atoms with Gasteiger partial charge in [0.05, 0.1) is 5.60 Å². The fourth-order valence-corrected chi connectivity index (χ4v) is 8.23. The number of aliphatic hydroxyl groups is 1. The number of carbonyl (C=O) groups is 2. The average Bonchev–Trinajstić information content (AvgIpc) is 2.92. The highest BCUT2D eigenvalue weighted by Crippen LogP contribution is 2.68. The summed E-state index contributed by atoms with van der Waals surface area (Å²) in [5, 5.41) is 14.4. The Morgan fingerprint density at radius 2 is 1.72 bits per heavy atom. The van der Waals surface area contributed by atoms with Gasteiger partial charge in [-0.15, -0.1) is 0 Å². The third-order valence-electron chi connectivity index (χ3n) is 9.90. The van der Waals surface area contributed by atoms with E-state index in [4.69, 9.17) is 4.74 Å². The van der Waals surface area contributed by atoms with Crippen LogP contribution in [0.4, 0.5) is 0 Å². The van der Waals surface area contributed by atoms with Crippen molar-refractivity contribution >= 4 is 11.9 Å². The second-order valence-corrected chi connectivity index (χ2v) is 11.1. The van der Waals surface area contributed by atoms with Crippen molar-refractivity contribution in [3.63, 3.8) is 0 Å². The first-order valence-corrected chi connectivity index (χ1v) is 11.7. The van der Waals surface area contributed by atoms with Crippen molar-refractivity contribution in [2.75, 3.05) is 6.54 Å². The standard InChI is InChI=1S/C24H39NO4/c1-15(26)25-14-24(28)12-9-21-19-6-5-17-13-18(29-16(2)27)7-10-22(17,3)20(19)8-11-23(21,24)4/h17-21,28H,5-14H2,1-4H3,(H,25,26)/t17-,18-,19?,20?,21?,22+,23+,24+/m1/s1. The minimum absolute atomic E-state index is 0.0586. The molecule has 8 atom stereocenters. The maximum Gasteiger partial charge on any atom is 0.302 e. The highest BCUT2D eigenvalue weighted by molar-refractivity contribution is 5.72. The first-order valence-electron chi connectivity index (χ1n) is 11.7. The Hall–Kier alpha value is -1.10. The summed E-state index contributed by atoms with van der Waals surface area (Å²) in [7, 11) is 0. The van der Waals surface area contributed by atoms with Crippen molar-refractivity contribution in [2.45, 2.75) is 97.2 Å². The number of amides is 1. The molecule has 4 aliphatic rings. The van der Waals surface area contributed by atoms with Crippen LogP contribution in [-0.2, 0) is 14.3 Å². The smallest absolute Gasteiger partial charge is 0.302 e. The molecule has 4 fully saturated rings. The van der Waals surface area contributed by atoms with Crippen LogP contribution >= 0.6 is 0 Å². The Morgan fingerprint density at radius 3 is 2.41 bits per heavy atom. The molecule has 4 aliphatic carbocycles. The summed E-state index contributed by atoms with van der Waals surface area (Å²) in [6, 6.07) is 0. The highest BCUT2D eigenvalue weighted by Gasteiger charge is 2.64. The van der Waals surface area contributed by atoms with Gasteiger partial charge in [-0.3, -0.25) is 9.59 Å². The Kier molecular flexibility index (Phi) is 5.28. The lowest BCUT2D eigenvalue weighted by Crippen LogP contribution is -2.59. The lowest BCUT2D eigenvalue weighted by Gasteiger charge is -2.61. The molecular formula is C24H39NO4. The fourth-order valence-electron chi connectivity index (χ4n) is 8.23. The zero-order valence-electron chi connectivity index (χ0n) is 18.6. The molecule has 4 rings (SSSR count). The van der Waals surface area contributed by atoms with Crippen LogP contribution in [0, 0.1) is 34.5 Å². The van der Waals surface area contributed by atoms with E-state index < -0.39 is 5.60 Å². The summed E-state index contributed by atoms with van der Waals surface area (Å²) in [6.45, 7) is 8.23. The molecule has 164 valence electrons. The highest BCUT2D eigenvalue weighted by atomic mass is 16.5. The molecule has 1 amide bonds. The fraction of sp³-hybridized carbons (Fsp3) is 0.917. The number of fused-ring (bicyclic) bond motifs is 5. The van der Waals surface area contributed by atoms with Crippen LogP contribution in [0.15, 0.2) is 0 Å². The molecule has 0 aliphatic heterocycles. The topological polar surface area (TPSA) is 75.6 Å². The van der Waals surface area contributed by atoms with E-state index >= 15 is 0 Å². The Balaban J connectivity index is 1.51. The van der Waals surface area contributed by atoms with Gasteiger partial charge >= 0.3 is 5.97 Å². The predicted octanol–water partition coefficient (Wildman–Crippen LogP) is 3.83. The summed E-state index contributed by atoms with van der Waals surface area (Å²) in [5.41, 5.74) is -0.549. The van der Waals surface area contributed by atoms with Gasteiger partial charge in [-0.05, 0) is 86.9 Å². The lowest BCUT2D eigenvalue weighted by molar-refractivity contribution is -0.169. The van der Waals surface area contributed by atoms with Gasteiger partial charge < -0.3 is 15.2 Å². The Morgan fingerprint density at radius 1 is 1.00 bits per heavy atom. The average molecular weight is 406 g/mol. The predicted molar refractivity (Wildman–Crippen MR) is 111 cm³/mol. The Labute approximate surface area is 175 Å². The van der Waals surface area contributed by atoms with Crippen molar-refractivity contribution in [3.05, 3.63) is 0 Å². The quantitative estimate of drug-likeness (QED) is 0.700. The van der Waals surface area contributed by atoms with Crippen molar-refractivity contribution in [1.82, 2.24) is 5.32 Å². The number of rotatable bonds is 3. The van der Waals surface area contributed by atoms with Crippen LogP contribution < -0.4 is 5.32 Å². The largest absolute Gasteiger partial charge is 0.463 e. The van der Waals surface area contributed by atoms with Gasteiger partial charge in [0.25, 0.3) is 0 Å². The second-order valence-electron chi connectivity index (χ2n) is 11.1. The molecule has 3 unspecified atom stereocenters. The lowest BCUT2D eigenvalue weighted by atomic mass is 9.44. The van der Waals surface area contributed by atoms with Crippen LogP contribution in [0.5, 0.6) is 0 Å². The summed E-state index contributed by atoms with van der Waals surface area (Å²) in [4.78, 5) is 22.9. The van der Waals surface area contributed by atoms with Gasteiger partial charge in [-0.2, -0.15) is 0 Å². The normalized spacial score (nSPS) is 48.8. The number of hydrogen-bond donors (Lipinski definition) is 2. The van der Waals surface area contributed by atoms with E-state index in [9.17, 15) is 14.7 Å². The molecule has 4 saturated carbocycles. The molecule has 0 spiro atoms. The van der Waals surface area contributed by atoms with Crippen LogP contribution in [0.2, 0.25) is 0 Å². The first-order chi connectivity index (χ1) is 13.6. The first kappa shape index (κ1) is 21.1. The zero-order valence-corrected chi connectivity index (χ0v) is 18.6. The van der Waals surface area contributed by atoms with E-state index in [2.05, 4.69) is 19.2 Å². The van der Waals surface area contributed by atoms with E-state index in [0.29, 0.717) is 35.6 Å². The molecule has 2 N–H and O–H groups in total. The molecule has 5 heteroatoms. The second kappa shape index (κ2) is 7.25. The van der Waals surface area contributed by atoms with Crippen LogP contribution in [-0.4, -0.2) is 35.2 Å². The van der Waals surface area contributed by atoms with Crippen molar-refractivity contribution in [1.29, 1.82) is 0 Å². The van der Waals surface area contributed by atoms with Gasteiger partial charge in [0.15, 0.2) is 0 Å². The number of carbonyl (C=O) groups excluding carboxylic acids is 2. The summed E-state index contributed by atoms with van der Waals surface area (Å²) in [5.74, 6) is 2.36. The monoisotopic (exact) mass is 405 g/mol. The molecule has 29 heavy (non-hydrogen) atoms. The number of esters is 1. The Bertz CT molecular complexity index is 680. The molecular weight excluding hydrogens is 366 g/mol. The van der Waals surface area contributed by atoms with Gasteiger partial charge in [0.2, 0.25) is 5.91 Å². The molecule has 0 bridgehead atoms. The van der Waals surface area contributed by atoms with Crippen molar-refractivity contribution in [3.8, 4) is 0 Å². The molecule has 0 heterocycles. The number of nitrogens with one attached hydrogen (secondary N) is 1. The third-order valence-corrected chi connectivity index (χ3v) is 9.90. The number of hydrogen-bond acceptors (Lipinski definition) is 4. The van der Waals surface area contributed by atoms with Crippen LogP contribution in [0.1, 0.15) is 85.5 Å². The maximum atomic E-state index is 11.5. The molecule has 0 aromatic heterocycles. The number of ether oxygens (including phenoxy) is 1. The van der Waals surface area contributed by atoms with E-state index in [1.807, 2.05) is 0 Å². The maximum absolute atomic E-state index is 11.5. The van der Waals surface area contributed by atoms with Crippen LogP contribution in [0.25, 0.3) is 0 Å². The van der Waals surface area contributed by atoms with E-state index in [1.54, 1.807) is 0 Å². The third kappa shape index (κ3) is 3.32. The van der Waals surface area contributed by atoms with Crippen LogP contribution in [0.3, 0.4) is 0 Å². The summed E-state index contributed by atoms with van der Waals surface area (Å²) < 4.78 is 5.57.